The minimum Gasteiger partial charge on any atom is -0.368 e. The van der Waals surface area contributed by atoms with Gasteiger partial charge in [0, 0.05) is 31.9 Å². The first kappa shape index (κ1) is 18.7. The highest BCUT2D eigenvalue weighted by Gasteiger charge is 2.36. The van der Waals surface area contributed by atoms with Gasteiger partial charge < -0.3 is 4.90 Å². The summed E-state index contributed by atoms with van der Waals surface area (Å²) in [5.41, 5.74) is 0.347. The number of benzene rings is 2. The van der Waals surface area contributed by atoms with E-state index in [1.54, 1.807) is 35.2 Å². The van der Waals surface area contributed by atoms with Gasteiger partial charge in [-0.3, -0.25) is 0 Å². The van der Waals surface area contributed by atoms with Crippen molar-refractivity contribution in [3.8, 4) is 0 Å². The third-order valence-corrected chi connectivity index (χ3v) is 6.36. The predicted octanol–water partition coefficient (Wildman–Crippen LogP) is 3.52. The van der Waals surface area contributed by atoms with Crippen LogP contribution in [0.15, 0.2) is 53.4 Å². The Labute approximate surface area is 150 Å². The fraction of sp³-hybridized carbons (Fsp3) is 0.333. The molecule has 0 saturated carbocycles. The van der Waals surface area contributed by atoms with Gasteiger partial charge in [-0.15, -0.1) is 0 Å². The molecule has 0 spiro atoms. The maximum atomic E-state index is 13.2. The van der Waals surface area contributed by atoms with Gasteiger partial charge in [-0.1, -0.05) is 29.8 Å². The molecular formula is C18H19F3N2O2S. The van der Waals surface area contributed by atoms with Gasteiger partial charge in [0.2, 0.25) is 10.0 Å². The van der Waals surface area contributed by atoms with Gasteiger partial charge >= 0.3 is 6.18 Å². The summed E-state index contributed by atoms with van der Waals surface area (Å²) in [6, 6.07) is 11.9. The van der Waals surface area contributed by atoms with Crippen LogP contribution in [0.1, 0.15) is 11.1 Å². The summed E-state index contributed by atoms with van der Waals surface area (Å²) in [7, 11) is -3.64. The van der Waals surface area contributed by atoms with E-state index in [0.29, 0.717) is 0 Å². The highest BCUT2D eigenvalue weighted by Crippen LogP contribution is 2.36. The number of halogens is 3. The summed E-state index contributed by atoms with van der Waals surface area (Å²) in [5, 5.41) is 0. The molecule has 3 rings (SSSR count). The lowest BCUT2D eigenvalue weighted by Gasteiger charge is -2.36. The van der Waals surface area contributed by atoms with Crippen molar-refractivity contribution in [1.82, 2.24) is 4.31 Å². The van der Waals surface area contributed by atoms with Crippen LogP contribution >= 0.6 is 0 Å². The van der Waals surface area contributed by atoms with Gasteiger partial charge in [0.15, 0.2) is 0 Å². The van der Waals surface area contributed by atoms with E-state index in [-0.39, 0.29) is 36.8 Å². The predicted molar refractivity (Wildman–Crippen MR) is 93.6 cm³/mol. The molecule has 8 heteroatoms. The van der Waals surface area contributed by atoms with Gasteiger partial charge in [-0.2, -0.15) is 17.5 Å². The molecule has 1 heterocycles. The third kappa shape index (κ3) is 3.71. The van der Waals surface area contributed by atoms with Gasteiger partial charge in [-0.25, -0.2) is 8.42 Å². The van der Waals surface area contributed by atoms with Crippen LogP contribution in [0.2, 0.25) is 0 Å². The molecule has 1 fully saturated rings. The molecule has 1 aliphatic heterocycles. The zero-order valence-electron chi connectivity index (χ0n) is 14.2. The van der Waals surface area contributed by atoms with Gasteiger partial charge in [0.1, 0.15) is 0 Å². The smallest absolute Gasteiger partial charge is 0.368 e. The fourth-order valence-electron chi connectivity index (χ4n) is 3.02. The Morgan fingerprint density at radius 3 is 2.04 bits per heavy atom. The van der Waals surface area contributed by atoms with Crippen molar-refractivity contribution in [2.24, 2.45) is 0 Å². The molecule has 2 aromatic carbocycles. The SMILES string of the molecule is Cc1ccc(S(=O)(=O)N2CCN(c3ccccc3C(F)(F)F)CC2)cc1. The molecular weight excluding hydrogens is 365 g/mol. The van der Waals surface area contributed by atoms with E-state index < -0.39 is 21.8 Å². The largest absolute Gasteiger partial charge is 0.418 e. The quantitative estimate of drug-likeness (QED) is 0.813. The molecule has 0 radical (unpaired) electrons. The lowest BCUT2D eigenvalue weighted by molar-refractivity contribution is -0.137. The molecule has 140 valence electrons. The number of rotatable bonds is 3. The molecule has 2 aromatic rings. The van der Waals surface area contributed by atoms with Crippen LogP contribution in [0.5, 0.6) is 0 Å². The number of aryl methyl sites for hydroxylation is 1. The van der Waals surface area contributed by atoms with E-state index in [1.165, 1.54) is 16.4 Å². The molecule has 0 aromatic heterocycles. The zero-order chi connectivity index (χ0) is 18.9. The molecule has 0 atom stereocenters. The highest BCUT2D eigenvalue weighted by molar-refractivity contribution is 7.89. The lowest BCUT2D eigenvalue weighted by Crippen LogP contribution is -2.49. The number of piperazine rings is 1. The summed E-state index contributed by atoms with van der Waals surface area (Å²) in [5.74, 6) is 0. The number of hydrogen-bond donors (Lipinski definition) is 0. The summed E-state index contributed by atoms with van der Waals surface area (Å²) >= 11 is 0. The van der Waals surface area contributed by atoms with Crippen molar-refractivity contribution < 1.29 is 21.6 Å². The number of anilines is 1. The maximum Gasteiger partial charge on any atom is 0.418 e. The highest BCUT2D eigenvalue weighted by atomic mass is 32.2. The van der Waals surface area contributed by atoms with Gasteiger partial charge in [-0.05, 0) is 31.2 Å². The van der Waals surface area contributed by atoms with Crippen molar-refractivity contribution in [2.75, 3.05) is 31.1 Å². The zero-order valence-corrected chi connectivity index (χ0v) is 15.0. The second kappa shape index (κ2) is 6.92. The van der Waals surface area contributed by atoms with E-state index >= 15 is 0 Å². The second-order valence-electron chi connectivity index (χ2n) is 6.22. The first-order valence-electron chi connectivity index (χ1n) is 8.17. The lowest BCUT2D eigenvalue weighted by atomic mass is 10.1. The van der Waals surface area contributed by atoms with Crippen LogP contribution in [0, 0.1) is 6.92 Å². The van der Waals surface area contributed by atoms with E-state index in [1.807, 2.05) is 6.92 Å². The third-order valence-electron chi connectivity index (χ3n) is 4.45. The van der Waals surface area contributed by atoms with E-state index in [9.17, 15) is 21.6 Å². The monoisotopic (exact) mass is 384 g/mol. The molecule has 0 amide bonds. The molecule has 1 saturated heterocycles. The Balaban J connectivity index is 1.77. The van der Waals surface area contributed by atoms with Crippen LogP contribution in [-0.2, 0) is 16.2 Å². The van der Waals surface area contributed by atoms with E-state index in [2.05, 4.69) is 0 Å². The molecule has 4 nitrogen and oxygen atoms in total. The van der Waals surface area contributed by atoms with Crippen LogP contribution < -0.4 is 4.90 Å². The second-order valence-corrected chi connectivity index (χ2v) is 8.16. The molecule has 1 aliphatic rings. The van der Waals surface area contributed by atoms with Crippen molar-refractivity contribution >= 4 is 15.7 Å². The molecule has 0 N–H and O–H groups in total. The van der Waals surface area contributed by atoms with Crippen LogP contribution in [0.3, 0.4) is 0 Å². The number of hydrogen-bond acceptors (Lipinski definition) is 3. The van der Waals surface area contributed by atoms with Crippen molar-refractivity contribution in [3.05, 3.63) is 59.7 Å². The Bertz CT molecular complexity index is 872. The van der Waals surface area contributed by atoms with Gasteiger partial charge in [0.25, 0.3) is 0 Å². The summed E-state index contributed by atoms with van der Waals surface area (Å²) < 4.78 is 66.3. The Morgan fingerprint density at radius 1 is 0.885 bits per heavy atom. The average molecular weight is 384 g/mol. The first-order valence-corrected chi connectivity index (χ1v) is 9.61. The molecule has 0 aliphatic carbocycles. The van der Waals surface area contributed by atoms with Crippen LogP contribution in [-0.4, -0.2) is 38.9 Å². The number of nitrogens with zero attached hydrogens (tertiary/aromatic N) is 2. The minimum absolute atomic E-state index is 0.0902. The van der Waals surface area contributed by atoms with Crippen molar-refractivity contribution in [2.45, 2.75) is 18.0 Å². The Hall–Kier alpha value is -2.06. The molecule has 26 heavy (non-hydrogen) atoms. The average Bonchev–Trinajstić information content (AvgIpc) is 2.61. The fourth-order valence-corrected chi connectivity index (χ4v) is 4.44. The summed E-state index contributed by atoms with van der Waals surface area (Å²) in [6.45, 7) is 2.56. The number of alkyl halides is 3. The standard InChI is InChI=1S/C18H19F3N2O2S/c1-14-6-8-15(9-7-14)26(24,25)23-12-10-22(11-13-23)17-5-3-2-4-16(17)18(19,20)21/h2-9H,10-13H2,1H3. The minimum atomic E-state index is -4.44. The molecule has 0 bridgehead atoms. The normalized spacial score (nSPS) is 16.7. The van der Waals surface area contributed by atoms with E-state index in [0.717, 1.165) is 11.6 Å². The summed E-state index contributed by atoms with van der Waals surface area (Å²) in [6.07, 6.45) is -4.44. The summed E-state index contributed by atoms with van der Waals surface area (Å²) in [4.78, 5) is 1.79. The van der Waals surface area contributed by atoms with Crippen molar-refractivity contribution in [3.63, 3.8) is 0 Å². The first-order chi connectivity index (χ1) is 12.2. The molecule has 0 unspecified atom stereocenters. The van der Waals surface area contributed by atoms with Crippen LogP contribution in [0.25, 0.3) is 0 Å². The van der Waals surface area contributed by atoms with Gasteiger partial charge in [0.05, 0.1) is 10.5 Å². The number of sulfonamides is 1. The van der Waals surface area contributed by atoms with Crippen molar-refractivity contribution in [1.29, 1.82) is 0 Å². The van der Waals surface area contributed by atoms with Crippen LogP contribution in [0.4, 0.5) is 18.9 Å². The topological polar surface area (TPSA) is 40.6 Å². The Morgan fingerprint density at radius 2 is 1.46 bits per heavy atom. The Kier molecular flexibility index (Phi) is 4.98. The number of para-hydroxylation sites is 1. The maximum absolute atomic E-state index is 13.2. The van der Waals surface area contributed by atoms with E-state index in [4.69, 9.17) is 0 Å².